The molecule has 2 unspecified atom stereocenters. The summed E-state index contributed by atoms with van der Waals surface area (Å²) in [4.78, 5) is 5.22. The van der Waals surface area contributed by atoms with Crippen molar-refractivity contribution < 1.29 is 4.74 Å². The lowest BCUT2D eigenvalue weighted by molar-refractivity contribution is 0.0196. The summed E-state index contributed by atoms with van der Waals surface area (Å²) in [6, 6.07) is 0. The van der Waals surface area contributed by atoms with Crippen LogP contribution in [0.25, 0.3) is 0 Å². The molecular weight excluding hydrogens is 196 g/mol. The number of rotatable bonds is 4. The number of thiazole rings is 1. The molecular formula is C10H16N2OS. The molecule has 3 nitrogen and oxygen atoms in total. The van der Waals surface area contributed by atoms with Gasteiger partial charge in [0.2, 0.25) is 0 Å². The molecule has 1 saturated carbocycles. The topological polar surface area (TPSA) is 48.1 Å². The van der Waals surface area contributed by atoms with Gasteiger partial charge in [0, 0.05) is 6.20 Å². The second-order valence-corrected chi connectivity index (χ2v) is 4.71. The van der Waals surface area contributed by atoms with E-state index in [4.69, 9.17) is 10.5 Å². The maximum atomic E-state index is 5.84. The fourth-order valence-corrected chi connectivity index (χ4v) is 2.51. The van der Waals surface area contributed by atoms with Crippen molar-refractivity contribution in [2.45, 2.75) is 32.0 Å². The Kier molecular flexibility index (Phi) is 3.50. The zero-order chi connectivity index (χ0) is 9.80. The summed E-state index contributed by atoms with van der Waals surface area (Å²) in [5, 5.41) is 0. The molecule has 0 radical (unpaired) electrons. The molecule has 0 aromatic carbocycles. The Bertz CT molecular complexity index is 263. The monoisotopic (exact) mass is 212 g/mol. The van der Waals surface area contributed by atoms with Crippen molar-refractivity contribution in [3.63, 3.8) is 0 Å². The first-order chi connectivity index (χ1) is 6.90. The highest BCUT2D eigenvalue weighted by Crippen LogP contribution is 2.28. The quantitative estimate of drug-likeness (QED) is 0.827. The Morgan fingerprint density at radius 1 is 1.57 bits per heavy atom. The Morgan fingerprint density at radius 3 is 3.21 bits per heavy atom. The van der Waals surface area contributed by atoms with Gasteiger partial charge < -0.3 is 10.5 Å². The third kappa shape index (κ3) is 2.32. The zero-order valence-electron chi connectivity index (χ0n) is 8.19. The molecule has 4 heteroatoms. The van der Waals surface area contributed by atoms with E-state index in [0.717, 1.165) is 6.54 Å². The van der Waals surface area contributed by atoms with Crippen LogP contribution in [0.1, 0.15) is 24.1 Å². The van der Waals surface area contributed by atoms with E-state index in [1.54, 1.807) is 11.3 Å². The number of nitrogens with zero attached hydrogens (tertiary/aromatic N) is 1. The molecule has 1 aromatic rings. The van der Waals surface area contributed by atoms with Crippen LogP contribution in [0.3, 0.4) is 0 Å². The molecule has 2 atom stereocenters. The molecule has 0 saturated heterocycles. The Hall–Kier alpha value is -0.450. The van der Waals surface area contributed by atoms with Crippen LogP contribution >= 0.6 is 11.3 Å². The SMILES string of the molecule is NCC1CCCC1OCc1cncs1. The van der Waals surface area contributed by atoms with Crippen LogP contribution in [0.5, 0.6) is 0 Å². The standard InChI is InChI=1S/C10H16N2OS/c11-4-8-2-1-3-10(8)13-6-9-5-12-7-14-9/h5,7-8,10H,1-4,6,11H2. The summed E-state index contributed by atoms with van der Waals surface area (Å²) in [5.41, 5.74) is 7.52. The molecule has 0 aliphatic heterocycles. The Morgan fingerprint density at radius 2 is 2.50 bits per heavy atom. The van der Waals surface area contributed by atoms with Gasteiger partial charge in [-0.2, -0.15) is 0 Å². The van der Waals surface area contributed by atoms with Gasteiger partial charge in [0.1, 0.15) is 0 Å². The maximum Gasteiger partial charge on any atom is 0.0829 e. The van der Waals surface area contributed by atoms with E-state index in [1.807, 2.05) is 11.7 Å². The second-order valence-electron chi connectivity index (χ2n) is 3.74. The van der Waals surface area contributed by atoms with Crippen molar-refractivity contribution >= 4 is 11.3 Å². The predicted octanol–water partition coefficient (Wildman–Crippen LogP) is 1.79. The fourth-order valence-electron chi connectivity index (χ4n) is 1.99. The van der Waals surface area contributed by atoms with Gasteiger partial charge in [-0.1, -0.05) is 6.42 Å². The van der Waals surface area contributed by atoms with Crippen LogP contribution in [0.4, 0.5) is 0 Å². The third-order valence-electron chi connectivity index (χ3n) is 2.82. The molecule has 2 rings (SSSR count). The highest BCUT2D eigenvalue weighted by atomic mass is 32.1. The first kappa shape index (κ1) is 10.1. The van der Waals surface area contributed by atoms with Gasteiger partial charge in [0.15, 0.2) is 0 Å². The molecule has 1 aliphatic carbocycles. The van der Waals surface area contributed by atoms with Gasteiger partial charge in [0.25, 0.3) is 0 Å². The summed E-state index contributed by atoms with van der Waals surface area (Å²) in [5.74, 6) is 0.572. The van der Waals surface area contributed by atoms with E-state index in [0.29, 0.717) is 18.6 Å². The van der Waals surface area contributed by atoms with Crippen LogP contribution in [-0.2, 0) is 11.3 Å². The summed E-state index contributed by atoms with van der Waals surface area (Å²) >= 11 is 1.65. The van der Waals surface area contributed by atoms with Crippen LogP contribution < -0.4 is 5.73 Å². The van der Waals surface area contributed by atoms with Crippen LogP contribution in [0.15, 0.2) is 11.7 Å². The second kappa shape index (κ2) is 4.87. The maximum absolute atomic E-state index is 5.84. The van der Waals surface area contributed by atoms with E-state index in [1.165, 1.54) is 24.1 Å². The van der Waals surface area contributed by atoms with Gasteiger partial charge in [0.05, 0.1) is 23.1 Å². The van der Waals surface area contributed by atoms with Gasteiger partial charge in [-0.3, -0.25) is 4.98 Å². The molecule has 1 heterocycles. The molecule has 1 aromatic heterocycles. The van der Waals surface area contributed by atoms with Gasteiger partial charge >= 0.3 is 0 Å². The lowest BCUT2D eigenvalue weighted by atomic mass is 10.1. The minimum Gasteiger partial charge on any atom is -0.372 e. The van der Waals surface area contributed by atoms with Crippen LogP contribution in [0, 0.1) is 5.92 Å². The molecule has 0 amide bonds. The minimum absolute atomic E-state index is 0.377. The smallest absolute Gasteiger partial charge is 0.0829 e. The first-order valence-electron chi connectivity index (χ1n) is 5.09. The largest absolute Gasteiger partial charge is 0.372 e. The Balaban J connectivity index is 1.80. The summed E-state index contributed by atoms with van der Waals surface area (Å²) < 4.78 is 5.84. The molecule has 0 bridgehead atoms. The minimum atomic E-state index is 0.377. The lowest BCUT2D eigenvalue weighted by Crippen LogP contribution is -2.25. The average molecular weight is 212 g/mol. The molecule has 14 heavy (non-hydrogen) atoms. The third-order valence-corrected chi connectivity index (χ3v) is 3.57. The summed E-state index contributed by atoms with van der Waals surface area (Å²) in [7, 11) is 0. The summed E-state index contributed by atoms with van der Waals surface area (Å²) in [6.07, 6.45) is 5.90. The van der Waals surface area contributed by atoms with Gasteiger partial charge in [-0.15, -0.1) is 11.3 Å². The van der Waals surface area contributed by atoms with Gasteiger partial charge in [-0.25, -0.2) is 0 Å². The fraction of sp³-hybridized carbons (Fsp3) is 0.700. The molecule has 2 N–H and O–H groups in total. The molecule has 0 spiro atoms. The average Bonchev–Trinajstić information content (AvgIpc) is 2.85. The Labute approximate surface area is 88.3 Å². The van der Waals surface area contributed by atoms with Gasteiger partial charge in [-0.05, 0) is 25.3 Å². The summed E-state index contributed by atoms with van der Waals surface area (Å²) in [6.45, 7) is 1.46. The van der Waals surface area contributed by atoms with E-state index in [-0.39, 0.29) is 0 Å². The number of ether oxygens (including phenoxy) is 1. The van der Waals surface area contributed by atoms with Crippen molar-refractivity contribution in [1.82, 2.24) is 4.98 Å². The van der Waals surface area contributed by atoms with Crippen molar-refractivity contribution in [2.24, 2.45) is 11.7 Å². The molecule has 1 aliphatic rings. The van der Waals surface area contributed by atoms with Crippen molar-refractivity contribution in [3.05, 3.63) is 16.6 Å². The van der Waals surface area contributed by atoms with E-state index < -0.39 is 0 Å². The highest BCUT2D eigenvalue weighted by molar-refractivity contribution is 7.09. The predicted molar refractivity (Wildman–Crippen MR) is 57.1 cm³/mol. The van der Waals surface area contributed by atoms with Crippen molar-refractivity contribution in [2.75, 3.05) is 6.54 Å². The normalized spacial score (nSPS) is 26.9. The van der Waals surface area contributed by atoms with E-state index in [9.17, 15) is 0 Å². The lowest BCUT2D eigenvalue weighted by Gasteiger charge is -2.17. The van der Waals surface area contributed by atoms with Crippen molar-refractivity contribution in [3.8, 4) is 0 Å². The van der Waals surface area contributed by atoms with Crippen molar-refractivity contribution in [1.29, 1.82) is 0 Å². The number of hydrogen-bond acceptors (Lipinski definition) is 4. The number of aromatic nitrogens is 1. The first-order valence-corrected chi connectivity index (χ1v) is 5.97. The van der Waals surface area contributed by atoms with E-state index in [2.05, 4.69) is 4.98 Å². The van der Waals surface area contributed by atoms with Crippen LogP contribution in [0.2, 0.25) is 0 Å². The highest BCUT2D eigenvalue weighted by Gasteiger charge is 2.26. The van der Waals surface area contributed by atoms with Crippen LogP contribution in [-0.4, -0.2) is 17.6 Å². The number of hydrogen-bond donors (Lipinski definition) is 1. The van der Waals surface area contributed by atoms with E-state index >= 15 is 0 Å². The molecule has 78 valence electrons. The number of nitrogens with two attached hydrogens (primary N) is 1. The molecule has 1 fully saturated rings. The zero-order valence-corrected chi connectivity index (χ0v) is 9.00.